The van der Waals surface area contributed by atoms with E-state index in [0.29, 0.717) is 17.8 Å². The average molecular weight is 279 g/mol. The zero-order valence-corrected chi connectivity index (χ0v) is 11.3. The van der Waals surface area contributed by atoms with Crippen molar-refractivity contribution in [3.63, 3.8) is 0 Å². The normalized spacial score (nSPS) is 15.8. The van der Waals surface area contributed by atoms with Gasteiger partial charge >= 0.3 is 5.97 Å². The molecule has 0 spiro atoms. The topological polar surface area (TPSA) is 95.7 Å². The molecule has 0 atom stereocenters. The molecule has 1 aliphatic rings. The number of hydrogen-bond donors (Lipinski definition) is 2. The Morgan fingerprint density at radius 1 is 1.40 bits per heavy atom. The van der Waals surface area contributed by atoms with Crippen molar-refractivity contribution < 1.29 is 14.8 Å². The smallest absolute Gasteiger partial charge is 0.336 e. The maximum absolute atomic E-state index is 11.1. The molecular weight excluding hydrogens is 262 g/mol. The van der Waals surface area contributed by atoms with Crippen LogP contribution in [0.3, 0.4) is 0 Å². The summed E-state index contributed by atoms with van der Waals surface area (Å²) in [5.41, 5.74) is 0.966. The van der Waals surface area contributed by atoms with Gasteiger partial charge in [-0.15, -0.1) is 0 Å². The van der Waals surface area contributed by atoms with Gasteiger partial charge in [-0.3, -0.25) is 10.1 Å². The highest BCUT2D eigenvalue weighted by molar-refractivity contribution is 5.90. The molecule has 108 valence electrons. The van der Waals surface area contributed by atoms with E-state index < -0.39 is 10.9 Å². The summed E-state index contributed by atoms with van der Waals surface area (Å²) in [5.74, 6) is -1.15. The molecule has 2 rings (SSSR count). The summed E-state index contributed by atoms with van der Waals surface area (Å²) in [7, 11) is 0. The molecule has 1 fully saturated rings. The monoisotopic (exact) mass is 279 g/mol. The van der Waals surface area contributed by atoms with Crippen LogP contribution in [0.15, 0.2) is 12.1 Å². The highest BCUT2D eigenvalue weighted by Crippen LogP contribution is 2.31. The maximum atomic E-state index is 11.1. The van der Waals surface area contributed by atoms with Crippen LogP contribution in [0.2, 0.25) is 0 Å². The van der Waals surface area contributed by atoms with Gasteiger partial charge in [0.1, 0.15) is 0 Å². The lowest BCUT2D eigenvalue weighted by molar-refractivity contribution is -0.385. The Labute approximate surface area is 116 Å². The van der Waals surface area contributed by atoms with E-state index in [-0.39, 0.29) is 11.3 Å². The van der Waals surface area contributed by atoms with Crippen LogP contribution >= 0.6 is 0 Å². The van der Waals surface area contributed by atoms with Crippen LogP contribution in [0.5, 0.6) is 0 Å². The van der Waals surface area contributed by atoms with Gasteiger partial charge in [-0.25, -0.2) is 4.79 Å². The van der Waals surface area contributed by atoms with Crippen molar-refractivity contribution in [1.29, 1.82) is 0 Å². The zero-order valence-electron chi connectivity index (χ0n) is 11.3. The fourth-order valence-corrected chi connectivity index (χ4v) is 2.41. The van der Waals surface area contributed by atoms with Crippen LogP contribution in [0.1, 0.15) is 22.3 Å². The van der Waals surface area contributed by atoms with Gasteiger partial charge in [0.2, 0.25) is 0 Å². The number of hydrogen-bond acceptors (Lipinski definition) is 5. The molecule has 1 aliphatic heterocycles. The molecule has 0 radical (unpaired) electrons. The number of carboxylic acid groups (broad SMARTS) is 1. The first kappa shape index (κ1) is 14.3. The number of aromatic carboxylic acids is 1. The average Bonchev–Trinajstić information content (AvgIpc) is 2.67. The minimum atomic E-state index is -1.15. The molecule has 2 N–H and O–H groups in total. The Bertz CT molecular complexity index is 537. The molecule has 0 saturated carbocycles. The summed E-state index contributed by atoms with van der Waals surface area (Å²) in [4.78, 5) is 23.7. The number of carbonyl (C=O) groups is 1. The lowest BCUT2D eigenvalue weighted by Gasteiger charge is -2.24. The summed E-state index contributed by atoms with van der Waals surface area (Å²) in [6, 6.07) is 2.65. The van der Waals surface area contributed by atoms with Crippen LogP contribution < -0.4 is 10.2 Å². The predicted molar refractivity (Wildman–Crippen MR) is 74.5 cm³/mol. The summed E-state index contributed by atoms with van der Waals surface area (Å²) < 4.78 is 0. The molecule has 1 heterocycles. The van der Waals surface area contributed by atoms with E-state index in [2.05, 4.69) is 5.32 Å². The lowest BCUT2D eigenvalue weighted by atomic mass is 10.1. The zero-order chi connectivity index (χ0) is 14.7. The number of nitrogens with zero attached hydrogens (tertiary/aromatic N) is 2. The SMILES string of the molecule is Cc1c(N2CCCNCC2)cc(C(=O)O)cc1[N+](=O)[O-]. The van der Waals surface area contributed by atoms with E-state index in [0.717, 1.165) is 32.1 Å². The molecule has 1 aromatic rings. The van der Waals surface area contributed by atoms with Crippen LogP contribution in [0.4, 0.5) is 11.4 Å². The Kier molecular flexibility index (Phi) is 4.19. The number of nitrogens with one attached hydrogen (secondary N) is 1. The van der Waals surface area contributed by atoms with Crippen LogP contribution in [-0.2, 0) is 0 Å². The third-order valence-corrected chi connectivity index (χ3v) is 3.48. The molecule has 7 nitrogen and oxygen atoms in total. The molecule has 0 aromatic heterocycles. The lowest BCUT2D eigenvalue weighted by Crippen LogP contribution is -2.28. The van der Waals surface area contributed by atoms with Crippen LogP contribution in [0.25, 0.3) is 0 Å². The first-order valence-corrected chi connectivity index (χ1v) is 6.48. The third-order valence-electron chi connectivity index (χ3n) is 3.48. The largest absolute Gasteiger partial charge is 0.478 e. The highest BCUT2D eigenvalue weighted by Gasteiger charge is 2.22. The van der Waals surface area contributed by atoms with E-state index in [1.807, 2.05) is 4.90 Å². The van der Waals surface area contributed by atoms with Crippen molar-refractivity contribution >= 4 is 17.3 Å². The Hall–Kier alpha value is -2.15. The first-order chi connectivity index (χ1) is 9.50. The Morgan fingerprint density at radius 3 is 2.80 bits per heavy atom. The van der Waals surface area contributed by atoms with Gasteiger partial charge in [-0.05, 0) is 26.0 Å². The van der Waals surface area contributed by atoms with Crippen molar-refractivity contribution in [3.05, 3.63) is 33.4 Å². The van der Waals surface area contributed by atoms with Gasteiger partial charge in [0, 0.05) is 31.4 Å². The molecule has 0 amide bonds. The minimum absolute atomic E-state index is 0.0468. The van der Waals surface area contributed by atoms with E-state index in [1.165, 1.54) is 6.07 Å². The number of nitro groups is 1. The molecule has 7 heteroatoms. The Morgan fingerprint density at radius 2 is 2.15 bits per heavy atom. The number of rotatable bonds is 3. The third kappa shape index (κ3) is 2.88. The van der Waals surface area contributed by atoms with Crippen molar-refractivity contribution in [2.45, 2.75) is 13.3 Å². The van der Waals surface area contributed by atoms with Gasteiger partial charge in [-0.1, -0.05) is 0 Å². The first-order valence-electron chi connectivity index (χ1n) is 6.48. The summed E-state index contributed by atoms with van der Waals surface area (Å²) in [6.45, 7) is 4.81. The quantitative estimate of drug-likeness (QED) is 0.641. The van der Waals surface area contributed by atoms with E-state index in [1.54, 1.807) is 6.92 Å². The number of anilines is 1. The fourth-order valence-electron chi connectivity index (χ4n) is 2.41. The second kappa shape index (κ2) is 5.87. The summed E-state index contributed by atoms with van der Waals surface area (Å²) in [6.07, 6.45) is 0.921. The maximum Gasteiger partial charge on any atom is 0.336 e. The second-order valence-electron chi connectivity index (χ2n) is 4.79. The molecule has 20 heavy (non-hydrogen) atoms. The van der Waals surface area contributed by atoms with Crippen molar-refractivity contribution in [3.8, 4) is 0 Å². The molecule has 0 aliphatic carbocycles. The number of nitro benzene ring substituents is 1. The van der Waals surface area contributed by atoms with Crippen molar-refractivity contribution in [2.75, 3.05) is 31.1 Å². The predicted octanol–water partition coefficient (Wildman–Crippen LogP) is 1.40. The molecule has 0 unspecified atom stereocenters. The molecular formula is C13H17N3O4. The van der Waals surface area contributed by atoms with Gasteiger partial charge in [0.05, 0.1) is 16.1 Å². The fraction of sp³-hybridized carbons (Fsp3) is 0.462. The molecule has 0 bridgehead atoms. The second-order valence-corrected chi connectivity index (χ2v) is 4.79. The standard InChI is InChI=1S/C13H17N3O4/c1-9-11(15-5-2-3-14-4-6-15)7-10(13(17)18)8-12(9)16(19)20/h7-8,14H,2-6H2,1H3,(H,17,18). The van der Waals surface area contributed by atoms with Crippen LogP contribution in [-0.4, -0.2) is 42.2 Å². The molecule has 1 saturated heterocycles. The molecule has 1 aromatic carbocycles. The van der Waals surface area contributed by atoms with Crippen molar-refractivity contribution in [1.82, 2.24) is 5.32 Å². The highest BCUT2D eigenvalue weighted by atomic mass is 16.6. The van der Waals surface area contributed by atoms with E-state index in [4.69, 9.17) is 5.11 Å². The van der Waals surface area contributed by atoms with Gasteiger partial charge < -0.3 is 15.3 Å². The minimum Gasteiger partial charge on any atom is -0.478 e. The van der Waals surface area contributed by atoms with Gasteiger partial charge in [-0.2, -0.15) is 0 Å². The van der Waals surface area contributed by atoms with Gasteiger partial charge in [0.25, 0.3) is 5.69 Å². The summed E-state index contributed by atoms with van der Waals surface area (Å²) >= 11 is 0. The summed E-state index contributed by atoms with van der Waals surface area (Å²) in [5, 5.41) is 23.4. The number of benzene rings is 1. The van der Waals surface area contributed by atoms with Gasteiger partial charge in [0.15, 0.2) is 0 Å². The van der Waals surface area contributed by atoms with E-state index >= 15 is 0 Å². The number of carboxylic acids is 1. The van der Waals surface area contributed by atoms with Crippen molar-refractivity contribution in [2.24, 2.45) is 0 Å². The van der Waals surface area contributed by atoms with Crippen LogP contribution in [0, 0.1) is 17.0 Å². The van der Waals surface area contributed by atoms with E-state index in [9.17, 15) is 14.9 Å². The Balaban J connectivity index is 2.49.